The lowest BCUT2D eigenvalue weighted by molar-refractivity contribution is 0.581. The molecule has 0 N–H and O–H groups in total. The van der Waals surface area contributed by atoms with Gasteiger partial charge in [0.05, 0.1) is 0 Å². The van der Waals surface area contributed by atoms with Crippen molar-refractivity contribution in [2.24, 2.45) is 11.8 Å². The van der Waals surface area contributed by atoms with E-state index >= 15 is 0 Å². The molecule has 0 fully saturated rings. The minimum Gasteiger partial charge on any atom is -0.103 e. The molecular weight excluding hydrogens is 120 g/mol. The largest absolute Gasteiger partial charge is 0.103 e. The summed E-state index contributed by atoms with van der Waals surface area (Å²) in [5.74, 6) is 0.920. The second-order valence-corrected chi connectivity index (χ2v) is 2.81. The second-order valence-electron chi connectivity index (χ2n) is 2.81. The summed E-state index contributed by atoms with van der Waals surface area (Å²) in [5, 5.41) is 0. The molecule has 10 heavy (non-hydrogen) atoms. The van der Waals surface area contributed by atoms with Crippen LogP contribution in [0.2, 0.25) is 0 Å². The van der Waals surface area contributed by atoms with Crippen LogP contribution >= 0.6 is 0 Å². The van der Waals surface area contributed by atoms with Crippen molar-refractivity contribution in [3.8, 4) is 0 Å². The number of hydrogen-bond donors (Lipinski definition) is 0. The van der Waals surface area contributed by atoms with E-state index in [9.17, 15) is 0 Å². The molecule has 53 valence electrons. The van der Waals surface area contributed by atoms with E-state index in [1.807, 2.05) is 6.08 Å². The predicted octanol–water partition coefficient (Wildman–Crippen LogP) is 2.74. The van der Waals surface area contributed by atoms with Crippen molar-refractivity contribution >= 4 is 0 Å². The molecule has 0 amide bonds. The Morgan fingerprint density at radius 1 is 1.90 bits per heavy atom. The maximum Gasteiger partial charge on any atom is 0.0108 e. The molecule has 0 aliphatic heterocycles. The van der Waals surface area contributed by atoms with Gasteiger partial charge in [-0.05, 0) is 18.4 Å². The lowest BCUT2D eigenvalue weighted by Gasteiger charge is -2.13. The summed E-state index contributed by atoms with van der Waals surface area (Å²) in [4.78, 5) is 0. The van der Waals surface area contributed by atoms with Crippen molar-refractivity contribution in [2.75, 3.05) is 0 Å². The van der Waals surface area contributed by atoms with Crippen LogP contribution in [0.15, 0.2) is 30.9 Å². The average molecular weight is 133 g/mol. The predicted molar refractivity (Wildman–Crippen MR) is 44.4 cm³/mol. The van der Waals surface area contributed by atoms with Crippen LogP contribution in [0.5, 0.6) is 0 Å². The quantitative estimate of drug-likeness (QED) is 0.508. The first-order chi connectivity index (χ1) is 4.75. The molecule has 1 rings (SSSR count). The van der Waals surface area contributed by atoms with Crippen molar-refractivity contribution in [2.45, 2.75) is 13.3 Å². The third-order valence-electron chi connectivity index (χ3n) is 2.00. The molecule has 0 aromatic rings. The van der Waals surface area contributed by atoms with Gasteiger partial charge in [0.25, 0.3) is 0 Å². The standard InChI is InChI=1S/C10H13/c1-4-8(2)10-7-5-6-9(10)3/h4-5,8,10H,1,3,6H2,2H3/t8?,10-/m0/s1. The summed E-state index contributed by atoms with van der Waals surface area (Å²) in [6.45, 7) is 9.86. The molecule has 0 saturated heterocycles. The monoisotopic (exact) mass is 133 g/mol. The lowest BCUT2D eigenvalue weighted by Crippen LogP contribution is -2.05. The molecule has 0 spiro atoms. The van der Waals surface area contributed by atoms with Gasteiger partial charge in [-0.3, -0.25) is 0 Å². The molecule has 1 radical (unpaired) electrons. The van der Waals surface area contributed by atoms with Gasteiger partial charge in [0.2, 0.25) is 0 Å². The summed E-state index contributed by atoms with van der Waals surface area (Å²) >= 11 is 0. The van der Waals surface area contributed by atoms with Crippen molar-refractivity contribution in [3.63, 3.8) is 0 Å². The van der Waals surface area contributed by atoms with Crippen LogP contribution in [-0.2, 0) is 0 Å². The van der Waals surface area contributed by atoms with E-state index in [4.69, 9.17) is 0 Å². The third-order valence-corrected chi connectivity index (χ3v) is 2.00. The van der Waals surface area contributed by atoms with Gasteiger partial charge in [0, 0.05) is 5.92 Å². The van der Waals surface area contributed by atoms with Crippen molar-refractivity contribution in [3.05, 3.63) is 37.0 Å². The molecular formula is C10H13. The normalized spacial score (nSPS) is 26.9. The molecule has 0 saturated carbocycles. The van der Waals surface area contributed by atoms with Gasteiger partial charge in [0.1, 0.15) is 0 Å². The molecule has 1 unspecified atom stereocenters. The fraction of sp³-hybridized carbons (Fsp3) is 0.400. The second kappa shape index (κ2) is 2.87. The Hall–Kier alpha value is -0.780. The Morgan fingerprint density at radius 2 is 2.60 bits per heavy atom. The highest BCUT2D eigenvalue weighted by Crippen LogP contribution is 2.28. The summed E-state index contributed by atoms with van der Waals surface area (Å²) in [6, 6.07) is 0. The fourth-order valence-electron chi connectivity index (χ4n) is 1.22. The van der Waals surface area contributed by atoms with E-state index in [1.165, 1.54) is 5.57 Å². The highest BCUT2D eigenvalue weighted by molar-refractivity contribution is 5.18. The van der Waals surface area contributed by atoms with Crippen LogP contribution in [0.4, 0.5) is 0 Å². The van der Waals surface area contributed by atoms with Gasteiger partial charge in [-0.25, -0.2) is 0 Å². The van der Waals surface area contributed by atoms with Crippen molar-refractivity contribution in [1.82, 2.24) is 0 Å². The van der Waals surface area contributed by atoms with E-state index < -0.39 is 0 Å². The van der Waals surface area contributed by atoms with Gasteiger partial charge in [-0.1, -0.05) is 31.2 Å². The van der Waals surface area contributed by atoms with Gasteiger partial charge >= 0.3 is 0 Å². The first-order valence-electron chi connectivity index (χ1n) is 3.63. The van der Waals surface area contributed by atoms with Crippen molar-refractivity contribution < 1.29 is 0 Å². The zero-order chi connectivity index (χ0) is 7.56. The van der Waals surface area contributed by atoms with E-state index in [1.54, 1.807) is 0 Å². The Balaban J connectivity index is 2.63. The zero-order valence-corrected chi connectivity index (χ0v) is 6.43. The maximum atomic E-state index is 3.96. The van der Waals surface area contributed by atoms with E-state index in [-0.39, 0.29) is 0 Å². The number of allylic oxidation sites excluding steroid dienone is 4. The van der Waals surface area contributed by atoms with Gasteiger partial charge in [-0.15, -0.1) is 6.58 Å². The Kier molecular flexibility index (Phi) is 2.10. The molecule has 0 aromatic heterocycles. The lowest BCUT2D eigenvalue weighted by atomic mass is 9.91. The smallest absolute Gasteiger partial charge is 0.0108 e. The zero-order valence-electron chi connectivity index (χ0n) is 6.43. The number of rotatable bonds is 2. The summed E-state index contributed by atoms with van der Waals surface area (Å²) in [7, 11) is 0. The molecule has 0 aromatic carbocycles. The van der Waals surface area contributed by atoms with Crippen LogP contribution in [0.25, 0.3) is 0 Å². The van der Waals surface area contributed by atoms with E-state index in [2.05, 4.69) is 32.2 Å². The first kappa shape index (κ1) is 7.33. The Morgan fingerprint density at radius 3 is 3.00 bits per heavy atom. The van der Waals surface area contributed by atoms with Crippen LogP contribution < -0.4 is 0 Å². The van der Waals surface area contributed by atoms with E-state index in [0.717, 1.165) is 6.42 Å². The fourth-order valence-corrected chi connectivity index (χ4v) is 1.22. The average Bonchev–Trinajstić information content (AvgIpc) is 2.34. The summed E-state index contributed by atoms with van der Waals surface area (Å²) < 4.78 is 0. The highest BCUT2D eigenvalue weighted by Gasteiger charge is 2.18. The highest BCUT2D eigenvalue weighted by atomic mass is 14.2. The summed E-state index contributed by atoms with van der Waals surface area (Å²) in [6.07, 6.45) is 8.29. The first-order valence-corrected chi connectivity index (χ1v) is 3.63. The van der Waals surface area contributed by atoms with Gasteiger partial charge < -0.3 is 0 Å². The van der Waals surface area contributed by atoms with Gasteiger partial charge in [-0.2, -0.15) is 0 Å². The molecule has 0 bridgehead atoms. The molecule has 0 heteroatoms. The SMILES string of the molecule is C=CC(C)[C@@H]1[C]=CCC1=C. The number of hydrogen-bond acceptors (Lipinski definition) is 0. The molecule has 2 atom stereocenters. The topological polar surface area (TPSA) is 0 Å². The molecule has 1 aliphatic carbocycles. The van der Waals surface area contributed by atoms with Gasteiger partial charge in [0.15, 0.2) is 0 Å². The van der Waals surface area contributed by atoms with Crippen LogP contribution in [0, 0.1) is 17.9 Å². The van der Waals surface area contributed by atoms with E-state index in [0.29, 0.717) is 11.8 Å². The Labute approximate surface area is 62.9 Å². The van der Waals surface area contributed by atoms with Crippen LogP contribution in [0.1, 0.15) is 13.3 Å². The third kappa shape index (κ3) is 1.21. The maximum absolute atomic E-state index is 3.96. The minimum atomic E-state index is 0.428. The molecule has 0 nitrogen and oxygen atoms in total. The van der Waals surface area contributed by atoms with Crippen molar-refractivity contribution in [1.29, 1.82) is 0 Å². The molecule has 1 aliphatic rings. The summed E-state index contributed by atoms with van der Waals surface area (Å²) in [5.41, 5.74) is 1.27. The van der Waals surface area contributed by atoms with Crippen LogP contribution in [0.3, 0.4) is 0 Å². The minimum absolute atomic E-state index is 0.428. The van der Waals surface area contributed by atoms with Crippen LogP contribution in [-0.4, -0.2) is 0 Å². The molecule has 0 heterocycles. The Bertz CT molecular complexity index is 174.